The zero-order chi connectivity index (χ0) is 22.5. The second-order valence-electron chi connectivity index (χ2n) is 8.79. The van der Waals surface area contributed by atoms with Crippen LogP contribution in [0.25, 0.3) is 0 Å². The van der Waals surface area contributed by atoms with Crippen LogP contribution in [0.1, 0.15) is 47.3 Å². The third-order valence-electron chi connectivity index (χ3n) is 6.65. The van der Waals surface area contributed by atoms with Crippen LogP contribution >= 0.6 is 11.6 Å². The van der Waals surface area contributed by atoms with E-state index in [9.17, 15) is 9.90 Å². The van der Waals surface area contributed by atoms with Gasteiger partial charge >= 0.3 is 0 Å². The Bertz CT molecular complexity index is 924. The quantitative estimate of drug-likeness (QED) is 0.693. The van der Waals surface area contributed by atoms with Crippen molar-refractivity contribution < 1.29 is 9.90 Å². The number of anilines is 1. The lowest BCUT2D eigenvalue weighted by Crippen LogP contribution is -2.49. The molecule has 32 heavy (non-hydrogen) atoms. The van der Waals surface area contributed by atoms with E-state index in [1.807, 2.05) is 36.1 Å². The number of amides is 1. The first-order valence-corrected chi connectivity index (χ1v) is 11.9. The largest absolute Gasteiger partial charge is 0.393 e. The molecular formula is C24H32ClN5O2. The average Bonchev–Trinajstić information content (AvgIpc) is 2.80. The van der Waals surface area contributed by atoms with Gasteiger partial charge in [-0.3, -0.25) is 4.79 Å². The fourth-order valence-electron chi connectivity index (χ4n) is 4.70. The summed E-state index contributed by atoms with van der Waals surface area (Å²) in [7, 11) is 0. The minimum Gasteiger partial charge on any atom is -0.393 e. The Morgan fingerprint density at radius 2 is 1.91 bits per heavy atom. The van der Waals surface area contributed by atoms with Crippen LogP contribution in [0.4, 0.5) is 5.82 Å². The van der Waals surface area contributed by atoms with E-state index in [-0.39, 0.29) is 12.0 Å². The summed E-state index contributed by atoms with van der Waals surface area (Å²) in [5, 5.41) is 13.8. The van der Waals surface area contributed by atoms with Crippen LogP contribution in [0, 0.1) is 6.92 Å². The summed E-state index contributed by atoms with van der Waals surface area (Å²) in [6.45, 7) is 5.99. The first-order valence-electron chi connectivity index (χ1n) is 11.5. The number of nitrogens with one attached hydrogen (secondary N) is 1. The number of hydrogen-bond donors (Lipinski definition) is 2. The fraction of sp³-hybridized carbons (Fsp3) is 0.542. The Hall–Kier alpha value is -2.22. The van der Waals surface area contributed by atoms with Crippen LogP contribution in [0.3, 0.4) is 0 Å². The van der Waals surface area contributed by atoms with Gasteiger partial charge in [0, 0.05) is 49.4 Å². The smallest absolute Gasteiger partial charge is 0.272 e. The number of aromatic nitrogens is 2. The number of carbonyl (C=O) groups is 1. The highest BCUT2D eigenvalue weighted by Crippen LogP contribution is 2.23. The van der Waals surface area contributed by atoms with Gasteiger partial charge in [-0.25, -0.2) is 9.97 Å². The molecular weight excluding hydrogens is 426 g/mol. The molecule has 2 N–H and O–H groups in total. The normalized spacial score (nSPS) is 18.7. The number of rotatable bonds is 6. The molecule has 2 aliphatic rings. The van der Waals surface area contributed by atoms with Gasteiger partial charge in [0.2, 0.25) is 0 Å². The fourth-order valence-corrected chi connectivity index (χ4v) is 4.91. The maximum absolute atomic E-state index is 13.2. The summed E-state index contributed by atoms with van der Waals surface area (Å²) >= 11 is 6.06. The molecule has 0 unspecified atom stereocenters. The predicted molar refractivity (Wildman–Crippen MR) is 126 cm³/mol. The van der Waals surface area contributed by atoms with Crippen LogP contribution < -0.4 is 5.32 Å². The van der Waals surface area contributed by atoms with E-state index in [2.05, 4.69) is 20.2 Å². The summed E-state index contributed by atoms with van der Waals surface area (Å²) in [6.07, 6.45) is 5.77. The molecule has 1 amide bonds. The number of aliphatic hydroxyl groups excluding tert-OH is 1. The van der Waals surface area contributed by atoms with Gasteiger partial charge in [-0.15, -0.1) is 0 Å². The van der Waals surface area contributed by atoms with Crippen molar-refractivity contribution in [2.75, 3.05) is 38.0 Å². The van der Waals surface area contributed by atoms with Gasteiger partial charge in [-0.2, -0.15) is 0 Å². The molecule has 2 fully saturated rings. The van der Waals surface area contributed by atoms with E-state index >= 15 is 0 Å². The highest BCUT2D eigenvalue weighted by molar-refractivity contribution is 6.30. The highest BCUT2D eigenvalue weighted by atomic mass is 35.5. The molecule has 7 nitrogen and oxygen atoms in total. The summed E-state index contributed by atoms with van der Waals surface area (Å²) in [5.41, 5.74) is 2.42. The van der Waals surface area contributed by atoms with Crippen LogP contribution in [0.5, 0.6) is 0 Å². The van der Waals surface area contributed by atoms with Crippen molar-refractivity contribution in [3.63, 3.8) is 0 Å². The third kappa shape index (κ3) is 5.57. The number of nitrogens with zero attached hydrogens (tertiary/aromatic N) is 4. The Balaban J connectivity index is 1.32. The third-order valence-corrected chi connectivity index (χ3v) is 6.88. The standard InChI is InChI=1S/C24H32ClN5O2/c1-17-22(27-16-28-23(17)26-10-5-18-3-2-4-19(25)15-18)24(32)30-11-6-20(7-12-30)29-13-8-21(31)9-14-29/h2-4,15-16,20-21,31H,5-14H2,1H3,(H,26,27,28). The monoisotopic (exact) mass is 457 g/mol. The molecule has 1 aromatic carbocycles. The van der Waals surface area contributed by atoms with Crippen LogP contribution in [-0.4, -0.2) is 75.7 Å². The Labute approximate surface area is 194 Å². The first-order chi connectivity index (χ1) is 15.5. The number of piperidine rings is 2. The van der Waals surface area contributed by atoms with Crippen molar-refractivity contribution in [3.8, 4) is 0 Å². The van der Waals surface area contributed by atoms with Gasteiger partial charge < -0.3 is 20.2 Å². The predicted octanol–water partition coefficient (Wildman–Crippen LogP) is 3.15. The molecule has 1 aromatic heterocycles. The lowest BCUT2D eigenvalue weighted by atomic mass is 9.98. The minimum absolute atomic E-state index is 0.0182. The number of halogens is 1. The summed E-state index contributed by atoms with van der Waals surface area (Å²) in [6, 6.07) is 8.32. The molecule has 0 radical (unpaired) electrons. The van der Waals surface area contributed by atoms with Crippen LogP contribution in [-0.2, 0) is 6.42 Å². The zero-order valence-corrected chi connectivity index (χ0v) is 19.4. The van der Waals surface area contributed by atoms with Crippen molar-refractivity contribution in [2.24, 2.45) is 0 Å². The van der Waals surface area contributed by atoms with Gasteiger partial charge in [-0.05, 0) is 56.7 Å². The van der Waals surface area contributed by atoms with Gasteiger partial charge in [0.15, 0.2) is 0 Å². The lowest BCUT2D eigenvalue weighted by Gasteiger charge is -2.41. The molecule has 2 aromatic rings. The van der Waals surface area contributed by atoms with E-state index in [1.165, 1.54) is 6.33 Å². The van der Waals surface area contributed by atoms with Crippen LogP contribution in [0.15, 0.2) is 30.6 Å². The Kier molecular flexibility index (Phi) is 7.60. The molecule has 8 heteroatoms. The van der Waals surface area contributed by atoms with Crippen LogP contribution in [0.2, 0.25) is 5.02 Å². The number of hydrogen-bond acceptors (Lipinski definition) is 6. The van der Waals surface area contributed by atoms with Crippen molar-refractivity contribution in [1.82, 2.24) is 19.8 Å². The summed E-state index contributed by atoms with van der Waals surface area (Å²) in [4.78, 5) is 26.2. The summed E-state index contributed by atoms with van der Waals surface area (Å²) in [5.74, 6) is 0.683. The average molecular weight is 458 g/mol. The van der Waals surface area contributed by atoms with Gasteiger partial charge in [-0.1, -0.05) is 23.7 Å². The van der Waals surface area contributed by atoms with E-state index in [0.29, 0.717) is 24.1 Å². The number of benzene rings is 1. The van der Waals surface area contributed by atoms with Gasteiger partial charge in [0.25, 0.3) is 5.91 Å². The summed E-state index contributed by atoms with van der Waals surface area (Å²) < 4.78 is 0. The molecule has 0 spiro atoms. The Morgan fingerprint density at radius 1 is 1.16 bits per heavy atom. The lowest BCUT2D eigenvalue weighted by molar-refractivity contribution is 0.0355. The van der Waals surface area contributed by atoms with E-state index in [1.54, 1.807) is 0 Å². The molecule has 0 saturated carbocycles. The molecule has 0 bridgehead atoms. The topological polar surface area (TPSA) is 81.6 Å². The van der Waals surface area contributed by atoms with Crippen molar-refractivity contribution in [1.29, 1.82) is 0 Å². The number of carbonyl (C=O) groups excluding carboxylic acids is 1. The van der Waals surface area contributed by atoms with E-state index in [0.717, 1.165) is 74.4 Å². The molecule has 2 saturated heterocycles. The molecule has 4 rings (SSSR count). The first kappa shape index (κ1) is 23.0. The molecule has 0 aliphatic carbocycles. The highest BCUT2D eigenvalue weighted by Gasteiger charge is 2.30. The molecule has 3 heterocycles. The molecule has 0 atom stereocenters. The minimum atomic E-state index is -0.151. The van der Waals surface area contributed by atoms with Gasteiger partial charge in [0.1, 0.15) is 17.8 Å². The zero-order valence-electron chi connectivity index (χ0n) is 18.6. The maximum atomic E-state index is 13.2. The Morgan fingerprint density at radius 3 is 2.62 bits per heavy atom. The van der Waals surface area contributed by atoms with E-state index in [4.69, 9.17) is 11.6 Å². The second-order valence-corrected chi connectivity index (χ2v) is 9.23. The number of likely N-dealkylation sites (tertiary alicyclic amines) is 2. The SMILES string of the molecule is Cc1c(NCCc2cccc(Cl)c2)ncnc1C(=O)N1CCC(N2CCC(O)CC2)CC1. The van der Waals surface area contributed by atoms with Crippen molar-refractivity contribution >= 4 is 23.3 Å². The molecule has 172 valence electrons. The molecule has 2 aliphatic heterocycles. The second kappa shape index (κ2) is 10.6. The van der Waals surface area contributed by atoms with Gasteiger partial charge in [0.05, 0.1) is 6.10 Å². The van der Waals surface area contributed by atoms with Crippen molar-refractivity contribution in [3.05, 3.63) is 52.4 Å². The van der Waals surface area contributed by atoms with Crippen molar-refractivity contribution in [2.45, 2.75) is 51.2 Å². The van der Waals surface area contributed by atoms with E-state index < -0.39 is 0 Å². The maximum Gasteiger partial charge on any atom is 0.272 e. The number of aliphatic hydroxyl groups is 1.